The second kappa shape index (κ2) is 6.02. The van der Waals surface area contributed by atoms with Crippen molar-refractivity contribution in [1.82, 2.24) is 9.97 Å². The molecule has 0 spiro atoms. The summed E-state index contributed by atoms with van der Waals surface area (Å²) in [4.78, 5) is 9.31. The van der Waals surface area contributed by atoms with Crippen LogP contribution in [0.2, 0.25) is 0 Å². The van der Waals surface area contributed by atoms with Gasteiger partial charge in [-0.15, -0.1) is 0 Å². The molecule has 3 nitrogen and oxygen atoms in total. The molecule has 1 heterocycles. The monoisotopic (exact) mass is 299 g/mol. The maximum absolute atomic E-state index is 8.87. The molecule has 0 saturated heterocycles. The van der Waals surface area contributed by atoms with Gasteiger partial charge in [-0.1, -0.05) is 29.3 Å². The van der Waals surface area contributed by atoms with Gasteiger partial charge in [-0.3, -0.25) is 4.98 Å². The molecule has 0 N–H and O–H groups in total. The zero-order valence-electron chi connectivity index (χ0n) is 13.5. The van der Waals surface area contributed by atoms with Gasteiger partial charge in [0.05, 0.1) is 34.9 Å². The first-order chi connectivity index (χ1) is 11.1. The number of hydrogen-bond donors (Lipinski definition) is 0. The number of nitriles is 1. The third-order valence-electron chi connectivity index (χ3n) is 3.75. The van der Waals surface area contributed by atoms with Crippen LogP contribution in [0.3, 0.4) is 0 Å². The molecule has 0 amide bonds. The van der Waals surface area contributed by atoms with Gasteiger partial charge in [-0.2, -0.15) is 5.26 Å². The van der Waals surface area contributed by atoms with E-state index in [0.29, 0.717) is 5.56 Å². The van der Waals surface area contributed by atoms with E-state index in [0.717, 1.165) is 28.2 Å². The normalized spacial score (nSPS) is 10.3. The smallest absolute Gasteiger partial charge is 0.0991 e. The Bertz CT molecular complexity index is 883. The van der Waals surface area contributed by atoms with Gasteiger partial charge in [-0.05, 0) is 45.0 Å². The molecule has 0 aliphatic carbocycles. The molecule has 0 unspecified atom stereocenters. The maximum Gasteiger partial charge on any atom is 0.0991 e. The highest BCUT2D eigenvalue weighted by atomic mass is 14.8. The minimum absolute atomic E-state index is 0.644. The molecule has 2 aromatic carbocycles. The minimum atomic E-state index is 0.644. The number of aryl methyl sites for hydroxylation is 3. The highest BCUT2D eigenvalue weighted by Crippen LogP contribution is 2.25. The zero-order valence-corrected chi connectivity index (χ0v) is 13.5. The molecular weight excluding hydrogens is 282 g/mol. The first kappa shape index (κ1) is 14.9. The van der Waals surface area contributed by atoms with Crippen LogP contribution in [0, 0.1) is 32.1 Å². The van der Waals surface area contributed by atoms with E-state index in [1.165, 1.54) is 11.1 Å². The van der Waals surface area contributed by atoms with Crippen molar-refractivity contribution >= 4 is 0 Å². The van der Waals surface area contributed by atoms with Gasteiger partial charge in [0.15, 0.2) is 0 Å². The van der Waals surface area contributed by atoms with E-state index < -0.39 is 0 Å². The third kappa shape index (κ3) is 3.12. The summed E-state index contributed by atoms with van der Waals surface area (Å²) >= 11 is 0. The van der Waals surface area contributed by atoms with Crippen LogP contribution in [0.15, 0.2) is 48.7 Å². The molecule has 0 aliphatic heterocycles. The zero-order chi connectivity index (χ0) is 16.4. The Morgan fingerprint density at radius 3 is 2.09 bits per heavy atom. The van der Waals surface area contributed by atoms with E-state index in [-0.39, 0.29) is 0 Å². The Hall–Kier alpha value is -2.99. The summed E-state index contributed by atoms with van der Waals surface area (Å²) in [6.07, 6.45) is 1.79. The van der Waals surface area contributed by atoms with Crippen LogP contribution in [-0.2, 0) is 0 Å². The topological polar surface area (TPSA) is 49.6 Å². The molecule has 0 fully saturated rings. The van der Waals surface area contributed by atoms with Crippen molar-refractivity contribution in [2.45, 2.75) is 20.8 Å². The summed E-state index contributed by atoms with van der Waals surface area (Å²) in [5, 5.41) is 8.87. The van der Waals surface area contributed by atoms with Crippen molar-refractivity contribution in [3.05, 3.63) is 71.0 Å². The van der Waals surface area contributed by atoms with Gasteiger partial charge < -0.3 is 0 Å². The summed E-state index contributed by atoms with van der Waals surface area (Å²) in [5.74, 6) is 0. The van der Waals surface area contributed by atoms with E-state index in [2.05, 4.69) is 48.1 Å². The third-order valence-corrected chi connectivity index (χ3v) is 3.75. The van der Waals surface area contributed by atoms with Gasteiger partial charge >= 0.3 is 0 Å². The number of aromatic nitrogens is 2. The fourth-order valence-electron chi connectivity index (χ4n) is 2.73. The summed E-state index contributed by atoms with van der Waals surface area (Å²) in [7, 11) is 0. The van der Waals surface area contributed by atoms with Gasteiger partial charge in [0.1, 0.15) is 0 Å². The summed E-state index contributed by atoms with van der Waals surface area (Å²) < 4.78 is 0. The molecule has 112 valence electrons. The van der Waals surface area contributed by atoms with E-state index >= 15 is 0 Å². The predicted molar refractivity (Wildman–Crippen MR) is 91.8 cm³/mol. The molecule has 0 atom stereocenters. The Labute approximate surface area is 136 Å². The first-order valence-corrected chi connectivity index (χ1v) is 7.49. The first-order valence-electron chi connectivity index (χ1n) is 7.49. The SMILES string of the molecule is Cc1cc(C)cc(-c2ncc(-c3ccc(C#N)cc3)nc2C)c1. The molecule has 0 bridgehead atoms. The Morgan fingerprint density at radius 1 is 0.870 bits per heavy atom. The molecule has 3 heteroatoms. The van der Waals surface area contributed by atoms with Gasteiger partial charge in [0.2, 0.25) is 0 Å². The fourth-order valence-corrected chi connectivity index (χ4v) is 2.73. The number of hydrogen-bond acceptors (Lipinski definition) is 3. The van der Waals surface area contributed by atoms with Crippen LogP contribution in [-0.4, -0.2) is 9.97 Å². The second-order valence-corrected chi connectivity index (χ2v) is 5.75. The molecule has 0 saturated carbocycles. The standard InChI is InChI=1S/C20H17N3/c1-13-8-14(2)10-18(9-13)20-15(3)23-19(12-22-20)17-6-4-16(11-21)5-7-17/h4-10,12H,1-3H3. The number of benzene rings is 2. The fraction of sp³-hybridized carbons (Fsp3) is 0.150. The number of nitrogens with zero attached hydrogens (tertiary/aromatic N) is 3. The van der Waals surface area contributed by atoms with Crippen LogP contribution >= 0.6 is 0 Å². The lowest BCUT2D eigenvalue weighted by atomic mass is 10.0. The highest BCUT2D eigenvalue weighted by Gasteiger charge is 2.09. The molecule has 0 aliphatic rings. The van der Waals surface area contributed by atoms with Gasteiger partial charge in [-0.25, -0.2) is 4.98 Å². The highest BCUT2D eigenvalue weighted by molar-refractivity contribution is 5.66. The Morgan fingerprint density at radius 2 is 1.52 bits per heavy atom. The largest absolute Gasteiger partial charge is 0.252 e. The molecule has 3 rings (SSSR count). The van der Waals surface area contributed by atoms with E-state index in [4.69, 9.17) is 5.26 Å². The van der Waals surface area contributed by atoms with Crippen LogP contribution in [0.25, 0.3) is 22.5 Å². The van der Waals surface area contributed by atoms with Crippen molar-refractivity contribution in [1.29, 1.82) is 5.26 Å². The van der Waals surface area contributed by atoms with Crippen molar-refractivity contribution in [2.24, 2.45) is 0 Å². The average Bonchev–Trinajstić information content (AvgIpc) is 2.54. The lowest BCUT2D eigenvalue weighted by Gasteiger charge is -2.09. The van der Waals surface area contributed by atoms with E-state index in [1.807, 2.05) is 19.1 Å². The summed E-state index contributed by atoms with van der Waals surface area (Å²) in [6.45, 7) is 6.15. The molecule has 3 aromatic rings. The van der Waals surface area contributed by atoms with Crippen LogP contribution in [0.5, 0.6) is 0 Å². The summed E-state index contributed by atoms with van der Waals surface area (Å²) in [5.41, 5.74) is 7.77. The second-order valence-electron chi connectivity index (χ2n) is 5.75. The maximum atomic E-state index is 8.87. The Balaban J connectivity index is 2.01. The molecule has 23 heavy (non-hydrogen) atoms. The summed E-state index contributed by atoms with van der Waals surface area (Å²) in [6, 6.07) is 15.9. The Kier molecular flexibility index (Phi) is 3.91. The molecule has 0 radical (unpaired) electrons. The van der Waals surface area contributed by atoms with Crippen molar-refractivity contribution in [3.63, 3.8) is 0 Å². The van der Waals surface area contributed by atoms with Crippen molar-refractivity contribution in [3.8, 4) is 28.6 Å². The van der Waals surface area contributed by atoms with Crippen molar-refractivity contribution in [2.75, 3.05) is 0 Å². The predicted octanol–water partition coefficient (Wildman–Crippen LogP) is 4.61. The lowest BCUT2D eigenvalue weighted by molar-refractivity contribution is 1.13. The van der Waals surface area contributed by atoms with Crippen LogP contribution < -0.4 is 0 Å². The van der Waals surface area contributed by atoms with Crippen LogP contribution in [0.4, 0.5) is 0 Å². The minimum Gasteiger partial charge on any atom is -0.252 e. The van der Waals surface area contributed by atoms with E-state index in [1.54, 1.807) is 18.3 Å². The quantitative estimate of drug-likeness (QED) is 0.694. The van der Waals surface area contributed by atoms with Gasteiger partial charge in [0.25, 0.3) is 0 Å². The lowest BCUT2D eigenvalue weighted by Crippen LogP contribution is -1.96. The average molecular weight is 299 g/mol. The van der Waals surface area contributed by atoms with E-state index in [9.17, 15) is 0 Å². The van der Waals surface area contributed by atoms with Crippen molar-refractivity contribution < 1.29 is 0 Å². The van der Waals surface area contributed by atoms with Crippen LogP contribution in [0.1, 0.15) is 22.4 Å². The van der Waals surface area contributed by atoms with Gasteiger partial charge in [0, 0.05) is 11.1 Å². The number of rotatable bonds is 2. The molecular formula is C20H17N3. The molecule has 1 aromatic heterocycles.